The van der Waals surface area contributed by atoms with Gasteiger partial charge >= 0.3 is 0 Å². The molecule has 1 amide bonds. The molecule has 0 aliphatic heterocycles. The molecule has 0 bridgehead atoms. The fourth-order valence-electron chi connectivity index (χ4n) is 2.72. The van der Waals surface area contributed by atoms with Gasteiger partial charge in [-0.05, 0) is 55.1 Å². The van der Waals surface area contributed by atoms with Gasteiger partial charge < -0.3 is 10.1 Å². The van der Waals surface area contributed by atoms with Gasteiger partial charge in [0.1, 0.15) is 11.8 Å². The van der Waals surface area contributed by atoms with Crippen molar-refractivity contribution in [3.8, 4) is 5.75 Å². The van der Waals surface area contributed by atoms with Crippen LogP contribution in [0.4, 0.5) is 11.4 Å². The van der Waals surface area contributed by atoms with E-state index in [0.717, 1.165) is 15.5 Å². The van der Waals surface area contributed by atoms with Crippen LogP contribution in [0.25, 0.3) is 0 Å². The van der Waals surface area contributed by atoms with Crippen LogP contribution in [0.15, 0.2) is 53.4 Å². The SMILES string of the molecule is CC[C@H](C(=O)Nc1cccc(SC)c1)N(c1ccc(OC)cc1)S(C)(=O)=O. The Labute approximate surface area is 165 Å². The lowest BCUT2D eigenvalue weighted by Gasteiger charge is -2.30. The normalized spacial score (nSPS) is 12.3. The van der Waals surface area contributed by atoms with Crippen LogP contribution in [0.2, 0.25) is 0 Å². The number of hydrogen-bond acceptors (Lipinski definition) is 5. The van der Waals surface area contributed by atoms with Gasteiger partial charge in [0, 0.05) is 10.6 Å². The number of rotatable bonds is 8. The molecule has 1 atom stereocenters. The van der Waals surface area contributed by atoms with Crippen molar-refractivity contribution in [2.45, 2.75) is 24.3 Å². The second kappa shape index (κ2) is 9.14. The van der Waals surface area contributed by atoms with Crippen LogP contribution in [0.3, 0.4) is 0 Å². The third-order valence-corrected chi connectivity index (χ3v) is 5.90. The summed E-state index contributed by atoms with van der Waals surface area (Å²) in [5.74, 6) is 0.232. The molecule has 6 nitrogen and oxygen atoms in total. The number of sulfonamides is 1. The Bertz CT molecular complexity index is 883. The van der Waals surface area contributed by atoms with Crippen molar-refractivity contribution in [3.63, 3.8) is 0 Å². The summed E-state index contributed by atoms with van der Waals surface area (Å²) in [5.41, 5.74) is 1.05. The van der Waals surface area contributed by atoms with Crippen molar-refractivity contribution in [2.75, 3.05) is 29.2 Å². The molecular formula is C19H24N2O4S2. The summed E-state index contributed by atoms with van der Waals surface area (Å²) >= 11 is 1.57. The molecule has 0 aromatic heterocycles. The molecule has 2 aromatic rings. The molecule has 2 aromatic carbocycles. The van der Waals surface area contributed by atoms with E-state index in [-0.39, 0.29) is 5.91 Å². The molecule has 0 radical (unpaired) electrons. The zero-order chi connectivity index (χ0) is 20.0. The lowest BCUT2D eigenvalue weighted by Crippen LogP contribution is -2.47. The topological polar surface area (TPSA) is 75.7 Å². The summed E-state index contributed by atoms with van der Waals surface area (Å²) in [6.45, 7) is 1.78. The first kappa shape index (κ1) is 21.1. The number of amides is 1. The number of carbonyl (C=O) groups is 1. The van der Waals surface area contributed by atoms with Crippen LogP contribution >= 0.6 is 11.8 Å². The summed E-state index contributed by atoms with van der Waals surface area (Å²) in [6, 6.07) is 13.1. The summed E-state index contributed by atoms with van der Waals surface area (Å²) in [7, 11) is -2.14. The van der Waals surface area contributed by atoms with Crippen LogP contribution in [-0.4, -0.2) is 40.0 Å². The minimum absolute atomic E-state index is 0.327. The van der Waals surface area contributed by atoms with Crippen molar-refractivity contribution < 1.29 is 17.9 Å². The minimum Gasteiger partial charge on any atom is -0.497 e. The molecule has 0 saturated carbocycles. The maximum absolute atomic E-state index is 12.9. The van der Waals surface area contributed by atoms with Gasteiger partial charge in [-0.25, -0.2) is 8.42 Å². The molecule has 0 aliphatic rings. The summed E-state index contributed by atoms with van der Waals surface area (Å²) in [4.78, 5) is 13.9. The predicted molar refractivity (Wildman–Crippen MR) is 111 cm³/mol. The molecule has 0 saturated heterocycles. The molecule has 0 fully saturated rings. The van der Waals surface area contributed by atoms with E-state index in [1.54, 1.807) is 49.0 Å². The Balaban J connectivity index is 2.34. The molecule has 0 heterocycles. The molecule has 1 N–H and O–H groups in total. The van der Waals surface area contributed by atoms with E-state index in [1.807, 2.05) is 24.5 Å². The van der Waals surface area contributed by atoms with E-state index in [1.165, 1.54) is 7.11 Å². The van der Waals surface area contributed by atoms with E-state index >= 15 is 0 Å². The van der Waals surface area contributed by atoms with E-state index in [0.29, 0.717) is 23.5 Å². The molecule has 0 unspecified atom stereocenters. The fourth-order valence-corrected chi connectivity index (χ4v) is 4.39. The lowest BCUT2D eigenvalue weighted by molar-refractivity contribution is -0.117. The maximum atomic E-state index is 12.9. The Morgan fingerprint density at radius 2 is 1.89 bits per heavy atom. The van der Waals surface area contributed by atoms with E-state index in [4.69, 9.17) is 4.74 Å². The smallest absolute Gasteiger partial charge is 0.248 e. The van der Waals surface area contributed by atoms with Crippen molar-refractivity contribution in [3.05, 3.63) is 48.5 Å². The highest BCUT2D eigenvalue weighted by atomic mass is 32.2. The number of thioether (sulfide) groups is 1. The van der Waals surface area contributed by atoms with Crippen molar-refractivity contribution >= 4 is 39.1 Å². The Kier molecular flexibility index (Phi) is 7.15. The summed E-state index contributed by atoms with van der Waals surface area (Å²) < 4.78 is 31.2. The number of hydrogen-bond donors (Lipinski definition) is 1. The van der Waals surface area contributed by atoms with Crippen molar-refractivity contribution in [1.82, 2.24) is 0 Å². The van der Waals surface area contributed by atoms with Gasteiger partial charge in [0.15, 0.2) is 0 Å². The molecule has 8 heteroatoms. The Hall–Kier alpha value is -2.19. The minimum atomic E-state index is -3.67. The highest BCUT2D eigenvalue weighted by molar-refractivity contribution is 7.98. The second-order valence-corrected chi connectivity index (χ2v) is 8.64. The molecule has 146 valence electrons. The van der Waals surface area contributed by atoms with Crippen LogP contribution < -0.4 is 14.4 Å². The molecule has 0 spiro atoms. The largest absolute Gasteiger partial charge is 0.497 e. The monoisotopic (exact) mass is 408 g/mol. The van der Waals surface area contributed by atoms with Gasteiger partial charge in [0.25, 0.3) is 0 Å². The summed E-state index contributed by atoms with van der Waals surface area (Å²) in [5, 5.41) is 2.83. The van der Waals surface area contributed by atoms with Crippen molar-refractivity contribution in [2.24, 2.45) is 0 Å². The fraction of sp³-hybridized carbons (Fsp3) is 0.316. The van der Waals surface area contributed by atoms with Crippen LogP contribution in [0.5, 0.6) is 5.75 Å². The molecule has 2 rings (SSSR count). The maximum Gasteiger partial charge on any atom is 0.248 e. The number of benzene rings is 2. The number of carbonyl (C=O) groups excluding carboxylic acids is 1. The first-order valence-corrected chi connectivity index (χ1v) is 11.5. The van der Waals surface area contributed by atoms with Gasteiger partial charge in [-0.15, -0.1) is 11.8 Å². The zero-order valence-electron chi connectivity index (χ0n) is 15.8. The Morgan fingerprint density at radius 1 is 1.22 bits per heavy atom. The van der Waals surface area contributed by atoms with Gasteiger partial charge in [0.05, 0.1) is 19.1 Å². The lowest BCUT2D eigenvalue weighted by atomic mass is 10.1. The Morgan fingerprint density at radius 3 is 2.41 bits per heavy atom. The first-order chi connectivity index (χ1) is 12.8. The highest BCUT2D eigenvalue weighted by Gasteiger charge is 2.31. The predicted octanol–water partition coefficient (Wildman–Crippen LogP) is 3.60. The number of nitrogens with zero attached hydrogens (tertiary/aromatic N) is 1. The molecule has 0 aliphatic carbocycles. The number of anilines is 2. The zero-order valence-corrected chi connectivity index (χ0v) is 17.4. The van der Waals surface area contributed by atoms with Crippen LogP contribution in [0, 0.1) is 0 Å². The molecule has 27 heavy (non-hydrogen) atoms. The molecular weight excluding hydrogens is 384 g/mol. The average molecular weight is 409 g/mol. The number of ether oxygens (including phenoxy) is 1. The van der Waals surface area contributed by atoms with Gasteiger partial charge in [-0.2, -0.15) is 0 Å². The quantitative estimate of drug-likeness (QED) is 0.676. The van der Waals surface area contributed by atoms with Gasteiger partial charge in [0.2, 0.25) is 15.9 Å². The average Bonchev–Trinajstić information content (AvgIpc) is 2.65. The van der Waals surface area contributed by atoms with Gasteiger partial charge in [-0.3, -0.25) is 9.10 Å². The van der Waals surface area contributed by atoms with E-state index in [9.17, 15) is 13.2 Å². The standard InChI is InChI=1S/C19H24N2O4S2/c1-5-18(19(22)20-14-7-6-8-17(13-14)26-3)21(27(4,23)24)15-9-11-16(25-2)12-10-15/h6-13,18H,5H2,1-4H3,(H,20,22)/t18-/m1/s1. The summed E-state index contributed by atoms with van der Waals surface area (Å²) in [6.07, 6.45) is 3.37. The second-order valence-electron chi connectivity index (χ2n) is 5.90. The number of nitrogens with one attached hydrogen (secondary N) is 1. The van der Waals surface area contributed by atoms with E-state index < -0.39 is 16.1 Å². The van der Waals surface area contributed by atoms with Gasteiger partial charge in [-0.1, -0.05) is 13.0 Å². The number of methoxy groups -OCH3 is 1. The van der Waals surface area contributed by atoms with Crippen molar-refractivity contribution in [1.29, 1.82) is 0 Å². The third-order valence-electron chi connectivity index (χ3n) is 3.99. The van der Waals surface area contributed by atoms with Crippen LogP contribution in [-0.2, 0) is 14.8 Å². The highest BCUT2D eigenvalue weighted by Crippen LogP contribution is 2.26. The first-order valence-electron chi connectivity index (χ1n) is 8.38. The third kappa shape index (κ3) is 5.40. The van der Waals surface area contributed by atoms with E-state index in [2.05, 4.69) is 5.32 Å². The van der Waals surface area contributed by atoms with Crippen LogP contribution in [0.1, 0.15) is 13.3 Å².